The van der Waals surface area contributed by atoms with Crippen LogP contribution < -0.4 is 0 Å². The van der Waals surface area contributed by atoms with Crippen molar-refractivity contribution in [3.8, 4) is 0 Å². The molecular weight excluding hydrogens is 114 g/mol. The lowest BCUT2D eigenvalue weighted by Gasteiger charge is -1.95. The van der Waals surface area contributed by atoms with E-state index in [2.05, 4.69) is 11.8 Å². The van der Waals surface area contributed by atoms with Crippen molar-refractivity contribution < 1.29 is 13.5 Å². The normalized spacial score (nSPS) is 10.5. The molecule has 0 saturated carbocycles. The standard InChI is InChI=1S/C5H9F2O/c1-8-4-2-3-5(6)7/h5H,1-4H2. The molecule has 0 aromatic rings. The lowest BCUT2D eigenvalue weighted by molar-refractivity contribution is 0.120. The minimum Gasteiger partial charge on any atom is -0.379 e. The molecule has 0 amide bonds. The molecule has 0 saturated heterocycles. The topological polar surface area (TPSA) is 9.23 Å². The van der Waals surface area contributed by atoms with Crippen LogP contribution in [-0.2, 0) is 4.74 Å². The monoisotopic (exact) mass is 123 g/mol. The summed E-state index contributed by atoms with van der Waals surface area (Å²) < 4.78 is 26.9. The molecule has 0 N–H and O–H groups in total. The molecule has 0 heterocycles. The van der Waals surface area contributed by atoms with Crippen LogP contribution in [0.3, 0.4) is 0 Å². The van der Waals surface area contributed by atoms with Crippen molar-refractivity contribution in [2.24, 2.45) is 0 Å². The number of rotatable bonds is 4. The Morgan fingerprint density at radius 3 is 2.50 bits per heavy atom. The predicted molar refractivity (Wildman–Crippen MR) is 26.5 cm³/mol. The highest BCUT2D eigenvalue weighted by molar-refractivity contribution is 4.39. The van der Waals surface area contributed by atoms with E-state index in [1.165, 1.54) is 0 Å². The van der Waals surface area contributed by atoms with Crippen LogP contribution in [0.2, 0.25) is 0 Å². The Hall–Kier alpha value is -0.180. The maximum atomic E-state index is 11.3. The molecule has 0 bridgehead atoms. The van der Waals surface area contributed by atoms with Crippen LogP contribution in [0.15, 0.2) is 0 Å². The maximum Gasteiger partial charge on any atom is 0.238 e. The summed E-state index contributed by atoms with van der Waals surface area (Å²) in [6.45, 7) is 0.324. The van der Waals surface area contributed by atoms with E-state index in [0.717, 1.165) is 0 Å². The van der Waals surface area contributed by atoms with E-state index in [0.29, 0.717) is 13.0 Å². The van der Waals surface area contributed by atoms with Gasteiger partial charge in [0.25, 0.3) is 0 Å². The van der Waals surface area contributed by atoms with Crippen LogP contribution in [-0.4, -0.2) is 13.0 Å². The van der Waals surface area contributed by atoms with Crippen molar-refractivity contribution >= 4 is 0 Å². The molecule has 0 rings (SSSR count). The highest BCUT2D eigenvalue weighted by Gasteiger charge is 1.99. The van der Waals surface area contributed by atoms with Crippen LogP contribution in [0.5, 0.6) is 0 Å². The van der Waals surface area contributed by atoms with Crippen molar-refractivity contribution in [1.29, 1.82) is 0 Å². The van der Waals surface area contributed by atoms with Crippen molar-refractivity contribution in [1.82, 2.24) is 0 Å². The molecule has 0 aliphatic rings. The van der Waals surface area contributed by atoms with E-state index in [4.69, 9.17) is 0 Å². The third kappa shape index (κ3) is 5.82. The third-order valence-corrected chi connectivity index (χ3v) is 0.711. The van der Waals surface area contributed by atoms with Gasteiger partial charge in [0.05, 0.1) is 7.11 Å². The summed E-state index contributed by atoms with van der Waals surface area (Å²) in [5, 5.41) is 0. The smallest absolute Gasteiger partial charge is 0.238 e. The van der Waals surface area contributed by atoms with Gasteiger partial charge in [-0.2, -0.15) is 0 Å². The Kier molecular flexibility index (Phi) is 4.85. The van der Waals surface area contributed by atoms with Gasteiger partial charge in [0.2, 0.25) is 6.43 Å². The molecule has 0 spiro atoms. The lowest BCUT2D eigenvalue weighted by Crippen LogP contribution is -1.93. The van der Waals surface area contributed by atoms with E-state index in [-0.39, 0.29) is 6.42 Å². The molecule has 1 radical (unpaired) electrons. The van der Waals surface area contributed by atoms with Gasteiger partial charge in [-0.05, 0) is 6.42 Å². The zero-order valence-corrected chi connectivity index (χ0v) is 4.57. The third-order valence-electron chi connectivity index (χ3n) is 0.711. The van der Waals surface area contributed by atoms with Gasteiger partial charge in [0.1, 0.15) is 0 Å². The van der Waals surface area contributed by atoms with Gasteiger partial charge in [-0.25, -0.2) is 8.78 Å². The quantitative estimate of drug-likeness (QED) is 0.518. The van der Waals surface area contributed by atoms with Crippen molar-refractivity contribution in [2.75, 3.05) is 6.61 Å². The number of alkyl halides is 2. The molecule has 0 aromatic heterocycles. The largest absolute Gasteiger partial charge is 0.379 e. The van der Waals surface area contributed by atoms with Crippen LogP contribution >= 0.6 is 0 Å². The van der Waals surface area contributed by atoms with Crippen LogP contribution in [0, 0.1) is 7.11 Å². The van der Waals surface area contributed by atoms with E-state index in [1.807, 2.05) is 0 Å². The first-order valence-corrected chi connectivity index (χ1v) is 2.42. The first-order chi connectivity index (χ1) is 3.77. The van der Waals surface area contributed by atoms with E-state index in [1.54, 1.807) is 0 Å². The average molecular weight is 123 g/mol. The Balaban J connectivity index is 2.72. The molecule has 8 heavy (non-hydrogen) atoms. The SMILES string of the molecule is [CH2]OCCCC(F)F. The number of hydrogen-bond donors (Lipinski definition) is 0. The maximum absolute atomic E-state index is 11.3. The predicted octanol–water partition coefficient (Wildman–Crippen LogP) is 1.84. The minimum atomic E-state index is -2.20. The van der Waals surface area contributed by atoms with Crippen molar-refractivity contribution in [3.05, 3.63) is 7.11 Å². The molecule has 49 valence electrons. The Morgan fingerprint density at radius 1 is 1.50 bits per heavy atom. The second-order valence-electron chi connectivity index (χ2n) is 1.44. The Bertz CT molecular complexity index is 47.7. The number of hydrogen-bond acceptors (Lipinski definition) is 1. The summed E-state index contributed by atoms with van der Waals surface area (Å²) in [7, 11) is 3.04. The number of halogens is 2. The molecule has 3 heteroatoms. The van der Waals surface area contributed by atoms with Crippen LogP contribution in [0.4, 0.5) is 8.78 Å². The summed E-state index contributed by atoms with van der Waals surface area (Å²) in [5.74, 6) is 0. The molecule has 0 aliphatic carbocycles. The van der Waals surface area contributed by atoms with Crippen LogP contribution in [0.25, 0.3) is 0 Å². The van der Waals surface area contributed by atoms with E-state index < -0.39 is 6.43 Å². The van der Waals surface area contributed by atoms with E-state index >= 15 is 0 Å². The van der Waals surface area contributed by atoms with Gasteiger partial charge in [0, 0.05) is 13.0 Å². The summed E-state index contributed by atoms with van der Waals surface area (Å²) in [4.78, 5) is 0. The van der Waals surface area contributed by atoms with Gasteiger partial charge in [0.15, 0.2) is 0 Å². The fourth-order valence-corrected chi connectivity index (χ4v) is 0.340. The Labute approximate surface area is 47.6 Å². The zero-order chi connectivity index (χ0) is 6.41. The summed E-state index contributed by atoms with van der Waals surface area (Å²) in [5.41, 5.74) is 0. The van der Waals surface area contributed by atoms with Gasteiger partial charge in [-0.3, -0.25) is 0 Å². The molecular formula is C5H9F2O. The molecule has 0 aliphatic heterocycles. The van der Waals surface area contributed by atoms with Crippen molar-refractivity contribution in [2.45, 2.75) is 19.3 Å². The van der Waals surface area contributed by atoms with Gasteiger partial charge in [-0.15, -0.1) is 0 Å². The number of ether oxygens (including phenoxy) is 1. The summed E-state index contributed by atoms with van der Waals surface area (Å²) >= 11 is 0. The summed E-state index contributed by atoms with van der Waals surface area (Å²) in [6.07, 6.45) is -1.90. The van der Waals surface area contributed by atoms with Crippen LogP contribution in [0.1, 0.15) is 12.8 Å². The highest BCUT2D eigenvalue weighted by Crippen LogP contribution is 2.01. The van der Waals surface area contributed by atoms with Gasteiger partial charge in [-0.1, -0.05) is 0 Å². The molecule has 0 aromatic carbocycles. The summed E-state index contributed by atoms with van der Waals surface area (Å²) in [6, 6.07) is 0. The average Bonchev–Trinajstić information content (AvgIpc) is 1.66. The molecule has 0 atom stereocenters. The molecule has 0 fully saturated rings. The lowest BCUT2D eigenvalue weighted by atomic mass is 10.3. The first kappa shape index (κ1) is 7.82. The van der Waals surface area contributed by atoms with E-state index in [9.17, 15) is 8.78 Å². The second-order valence-corrected chi connectivity index (χ2v) is 1.44. The molecule has 0 unspecified atom stereocenters. The minimum absolute atomic E-state index is 0.0878. The van der Waals surface area contributed by atoms with Gasteiger partial charge < -0.3 is 4.74 Å². The molecule has 1 nitrogen and oxygen atoms in total. The van der Waals surface area contributed by atoms with Crippen molar-refractivity contribution in [3.63, 3.8) is 0 Å². The van der Waals surface area contributed by atoms with Gasteiger partial charge >= 0.3 is 0 Å². The fraction of sp³-hybridized carbons (Fsp3) is 0.800. The second kappa shape index (κ2) is 4.97. The fourth-order valence-electron chi connectivity index (χ4n) is 0.340. The Morgan fingerprint density at radius 2 is 2.12 bits per heavy atom. The highest BCUT2D eigenvalue weighted by atomic mass is 19.3. The first-order valence-electron chi connectivity index (χ1n) is 2.42. The zero-order valence-electron chi connectivity index (χ0n) is 4.57.